The number of amides is 1. The Balaban J connectivity index is 1.47. The highest BCUT2D eigenvalue weighted by Crippen LogP contribution is 2.38. The van der Waals surface area contributed by atoms with Crippen molar-refractivity contribution in [3.8, 4) is 0 Å². The van der Waals surface area contributed by atoms with Gasteiger partial charge in [0.05, 0.1) is 24.9 Å². The third-order valence-corrected chi connectivity index (χ3v) is 7.42. The van der Waals surface area contributed by atoms with Crippen molar-refractivity contribution < 1.29 is 29.2 Å². The van der Waals surface area contributed by atoms with Crippen LogP contribution in [0, 0.1) is 0 Å². The molecule has 218 valence electrons. The molecule has 0 spiro atoms. The fraction of sp³-hybridized carbons (Fsp3) is 0.364. The molecular weight excluding hydrogens is 520 g/mol. The van der Waals surface area contributed by atoms with Crippen LogP contribution >= 0.6 is 0 Å². The Morgan fingerprint density at radius 1 is 1.05 bits per heavy atom. The smallest absolute Gasteiger partial charge is 0.407 e. The number of carbonyl (C=O) groups is 1. The van der Waals surface area contributed by atoms with Crippen molar-refractivity contribution in [1.82, 2.24) is 10.2 Å². The predicted molar refractivity (Wildman–Crippen MR) is 157 cm³/mol. The lowest BCUT2D eigenvalue weighted by atomic mass is 9.98. The molecule has 1 fully saturated rings. The Labute approximate surface area is 242 Å². The van der Waals surface area contributed by atoms with Gasteiger partial charge in [0.25, 0.3) is 0 Å². The number of nitrogens with one attached hydrogen (secondary N) is 1. The van der Waals surface area contributed by atoms with Gasteiger partial charge in [-0.05, 0) is 36.2 Å². The highest BCUT2D eigenvalue weighted by Gasteiger charge is 2.34. The molecule has 41 heavy (non-hydrogen) atoms. The number of hydrogen-bond acceptors (Lipinski definition) is 7. The predicted octanol–water partition coefficient (Wildman–Crippen LogP) is 5.19. The van der Waals surface area contributed by atoms with Gasteiger partial charge in [0.1, 0.15) is 6.61 Å². The van der Waals surface area contributed by atoms with Crippen molar-refractivity contribution in [2.75, 3.05) is 20.2 Å². The maximum atomic E-state index is 11.7. The van der Waals surface area contributed by atoms with Gasteiger partial charge in [0.2, 0.25) is 0 Å². The van der Waals surface area contributed by atoms with E-state index in [2.05, 4.69) is 16.8 Å². The van der Waals surface area contributed by atoms with E-state index in [1.165, 1.54) is 6.08 Å². The molecule has 0 aliphatic carbocycles. The summed E-state index contributed by atoms with van der Waals surface area (Å²) in [5, 5.41) is 23.2. The highest BCUT2D eigenvalue weighted by molar-refractivity contribution is 5.67. The molecule has 5 atom stereocenters. The number of nitrogens with zero attached hydrogens (tertiary/aromatic N) is 1. The second-order valence-electron chi connectivity index (χ2n) is 10.4. The number of aliphatic hydroxyl groups is 2. The summed E-state index contributed by atoms with van der Waals surface area (Å²) >= 11 is 0. The maximum absolute atomic E-state index is 11.7. The van der Waals surface area contributed by atoms with Crippen molar-refractivity contribution in [3.63, 3.8) is 0 Å². The lowest BCUT2D eigenvalue weighted by Gasteiger charge is -2.39. The maximum Gasteiger partial charge on any atom is 0.407 e. The Kier molecular flexibility index (Phi) is 11.1. The summed E-state index contributed by atoms with van der Waals surface area (Å²) in [4.78, 5) is 13.9. The normalized spacial score (nSPS) is 20.3. The Hall–Kier alpha value is -3.53. The molecule has 8 heteroatoms. The number of ether oxygens (including phenoxy) is 3. The van der Waals surface area contributed by atoms with E-state index in [9.17, 15) is 15.0 Å². The standard InChI is InChI=1S/C33H40N2O6/c1-4-18-39-33(38)34-20-24-10-16-28(17-11-24)32-40-29(19-30(41-32)26-14-12-25(22-36)13-15-26)21-35(3)23(2)31(37)27-8-6-5-7-9-27/h4-17,23,29-32,36-37H,1,18-22H2,2-3H3,(H,34,38)/t23-,29-,30+,31-,32+/m0/s1. The first kappa shape index (κ1) is 30.4. The van der Waals surface area contributed by atoms with Crippen LogP contribution < -0.4 is 5.32 Å². The molecule has 1 heterocycles. The third kappa shape index (κ3) is 8.48. The lowest BCUT2D eigenvalue weighted by molar-refractivity contribution is -0.253. The van der Waals surface area contributed by atoms with Crippen LogP contribution in [0.2, 0.25) is 0 Å². The molecule has 1 amide bonds. The van der Waals surface area contributed by atoms with Gasteiger partial charge in [-0.1, -0.05) is 91.5 Å². The zero-order valence-corrected chi connectivity index (χ0v) is 23.7. The van der Waals surface area contributed by atoms with E-state index >= 15 is 0 Å². The minimum atomic E-state index is -0.631. The topological polar surface area (TPSA) is 100 Å². The second kappa shape index (κ2) is 14.9. The molecule has 1 aliphatic heterocycles. The first-order chi connectivity index (χ1) is 19.9. The molecule has 4 rings (SSSR count). The van der Waals surface area contributed by atoms with Gasteiger partial charge >= 0.3 is 6.09 Å². The van der Waals surface area contributed by atoms with Crippen molar-refractivity contribution in [2.45, 2.75) is 57.1 Å². The average molecular weight is 561 g/mol. The molecule has 3 aromatic rings. The molecular formula is C33H40N2O6. The van der Waals surface area contributed by atoms with Crippen molar-refractivity contribution >= 4 is 6.09 Å². The molecule has 1 saturated heterocycles. The number of rotatable bonds is 12. The molecule has 3 N–H and O–H groups in total. The molecule has 3 aromatic carbocycles. The first-order valence-electron chi connectivity index (χ1n) is 13.9. The largest absolute Gasteiger partial charge is 0.445 e. The van der Waals surface area contributed by atoms with Gasteiger partial charge in [-0.3, -0.25) is 4.90 Å². The van der Waals surface area contributed by atoms with E-state index in [1.807, 2.05) is 92.8 Å². The SMILES string of the molecule is C=CCOC(=O)NCc1ccc([C@@H]2O[C@H](CN(C)[C@@H](C)[C@H](O)c3ccccc3)C[C@H](c3ccc(CO)cc3)O2)cc1. The minimum Gasteiger partial charge on any atom is -0.445 e. The number of aliphatic hydroxyl groups excluding tert-OH is 2. The van der Waals surface area contributed by atoms with E-state index in [0.29, 0.717) is 19.5 Å². The van der Waals surface area contributed by atoms with Gasteiger partial charge in [0.15, 0.2) is 6.29 Å². The van der Waals surface area contributed by atoms with E-state index in [-0.39, 0.29) is 31.5 Å². The van der Waals surface area contributed by atoms with Gasteiger partial charge in [-0.2, -0.15) is 0 Å². The van der Waals surface area contributed by atoms with E-state index in [1.54, 1.807) is 0 Å². The van der Waals surface area contributed by atoms with Crippen LogP contribution in [0.25, 0.3) is 0 Å². The zero-order valence-electron chi connectivity index (χ0n) is 23.7. The quantitative estimate of drug-likeness (QED) is 0.262. The summed E-state index contributed by atoms with van der Waals surface area (Å²) in [5.41, 5.74) is 4.51. The lowest BCUT2D eigenvalue weighted by Crippen LogP contribution is -2.43. The molecule has 0 bridgehead atoms. The third-order valence-electron chi connectivity index (χ3n) is 7.42. The molecule has 1 aliphatic rings. The van der Waals surface area contributed by atoms with Crippen LogP contribution in [0.15, 0.2) is 91.5 Å². The van der Waals surface area contributed by atoms with Crippen molar-refractivity contribution in [3.05, 3.63) is 119 Å². The monoisotopic (exact) mass is 560 g/mol. The van der Waals surface area contributed by atoms with Crippen LogP contribution in [0.3, 0.4) is 0 Å². The summed E-state index contributed by atoms with van der Waals surface area (Å²) in [5.74, 6) is 0. The van der Waals surface area contributed by atoms with Crippen LogP contribution in [0.4, 0.5) is 4.79 Å². The first-order valence-corrected chi connectivity index (χ1v) is 13.9. The summed E-state index contributed by atoms with van der Waals surface area (Å²) in [6.45, 7) is 6.62. The fourth-order valence-electron chi connectivity index (χ4n) is 4.84. The number of likely N-dealkylation sites (N-methyl/N-ethyl adjacent to an activating group) is 1. The summed E-state index contributed by atoms with van der Waals surface area (Å²) in [6.07, 6.45) is 0.0588. The average Bonchev–Trinajstić information content (AvgIpc) is 3.02. The van der Waals surface area contributed by atoms with Gasteiger partial charge in [-0.25, -0.2) is 4.79 Å². The van der Waals surface area contributed by atoms with Crippen molar-refractivity contribution in [1.29, 1.82) is 0 Å². The van der Waals surface area contributed by atoms with E-state index in [4.69, 9.17) is 14.2 Å². The van der Waals surface area contributed by atoms with Crippen LogP contribution in [0.5, 0.6) is 0 Å². The van der Waals surface area contributed by atoms with Crippen LogP contribution in [0.1, 0.15) is 59.7 Å². The number of alkyl carbamates (subject to hydrolysis) is 1. The van der Waals surface area contributed by atoms with Crippen molar-refractivity contribution in [2.24, 2.45) is 0 Å². The number of carbonyl (C=O) groups excluding carboxylic acids is 1. The summed E-state index contributed by atoms with van der Waals surface area (Å²) in [7, 11) is 2.00. The summed E-state index contributed by atoms with van der Waals surface area (Å²) in [6, 6.07) is 25.1. The van der Waals surface area contributed by atoms with E-state index in [0.717, 1.165) is 27.8 Å². The van der Waals surface area contributed by atoms with Crippen LogP contribution in [-0.4, -0.2) is 53.6 Å². The second-order valence-corrected chi connectivity index (χ2v) is 10.4. The minimum absolute atomic E-state index is 0.0141. The number of hydrogen-bond donors (Lipinski definition) is 3. The Morgan fingerprint density at radius 2 is 1.71 bits per heavy atom. The fourth-order valence-corrected chi connectivity index (χ4v) is 4.84. The van der Waals surface area contributed by atoms with Crippen LogP contribution in [-0.2, 0) is 27.4 Å². The summed E-state index contributed by atoms with van der Waals surface area (Å²) < 4.78 is 17.9. The molecule has 0 aromatic heterocycles. The van der Waals surface area contributed by atoms with E-state index < -0.39 is 18.5 Å². The Morgan fingerprint density at radius 3 is 2.37 bits per heavy atom. The van der Waals surface area contributed by atoms with Gasteiger partial charge in [-0.15, -0.1) is 0 Å². The molecule has 0 radical (unpaired) electrons. The highest BCUT2D eigenvalue weighted by atomic mass is 16.7. The zero-order chi connectivity index (χ0) is 29.2. The number of benzene rings is 3. The Bertz CT molecular complexity index is 1230. The van der Waals surface area contributed by atoms with Gasteiger partial charge in [0, 0.05) is 31.1 Å². The molecule has 0 saturated carbocycles. The molecule has 8 nitrogen and oxygen atoms in total. The molecule has 0 unspecified atom stereocenters. The van der Waals surface area contributed by atoms with Gasteiger partial charge < -0.3 is 29.7 Å².